The normalized spacial score (nSPS) is 15.8. The molecule has 1 aliphatic rings. The van der Waals surface area contributed by atoms with Crippen LogP contribution in [0.15, 0.2) is 42.5 Å². The second-order valence-corrected chi connectivity index (χ2v) is 7.60. The van der Waals surface area contributed by atoms with Gasteiger partial charge < -0.3 is 20.1 Å². The van der Waals surface area contributed by atoms with Crippen LogP contribution in [0, 0.1) is 13.8 Å². The molecule has 29 heavy (non-hydrogen) atoms. The number of hydrogen-bond donors (Lipinski definition) is 1. The summed E-state index contributed by atoms with van der Waals surface area (Å²) >= 11 is 0. The maximum absolute atomic E-state index is 11.4. The fraction of sp³-hybridized carbons (Fsp3) is 0.435. The van der Waals surface area contributed by atoms with E-state index in [1.54, 1.807) is 7.11 Å². The van der Waals surface area contributed by atoms with Crippen molar-refractivity contribution in [3.63, 3.8) is 0 Å². The topological polar surface area (TPSA) is 68.0 Å². The molecule has 2 N–H and O–H groups in total. The predicted octanol–water partition coefficient (Wildman–Crippen LogP) is 3.66. The second-order valence-electron chi connectivity index (χ2n) is 7.60. The monoisotopic (exact) mass is 397 g/mol. The molecular formula is C23H31N3O3. The summed E-state index contributed by atoms with van der Waals surface area (Å²) in [5.74, 6) is 0.874. The molecule has 3 rings (SSSR count). The van der Waals surface area contributed by atoms with E-state index < -0.39 is 6.09 Å². The van der Waals surface area contributed by atoms with Crippen molar-refractivity contribution in [3.05, 3.63) is 59.2 Å². The molecule has 0 radical (unpaired) electrons. The number of carbonyl (C=O) groups is 1. The first-order chi connectivity index (χ1) is 14.0. The number of methoxy groups -OCH3 is 1. The number of hydrogen-bond acceptors (Lipinski definition) is 5. The van der Waals surface area contributed by atoms with E-state index in [-0.39, 0.29) is 6.10 Å². The molecule has 0 saturated carbocycles. The van der Waals surface area contributed by atoms with Gasteiger partial charge in [0, 0.05) is 44.8 Å². The third kappa shape index (κ3) is 5.64. The van der Waals surface area contributed by atoms with Gasteiger partial charge >= 0.3 is 6.09 Å². The molecule has 1 amide bonds. The van der Waals surface area contributed by atoms with Crippen LogP contribution in [0.5, 0.6) is 5.75 Å². The number of primary amides is 1. The van der Waals surface area contributed by atoms with Crippen molar-refractivity contribution < 1.29 is 14.3 Å². The van der Waals surface area contributed by atoms with Crippen LogP contribution in [0.3, 0.4) is 0 Å². The Morgan fingerprint density at radius 2 is 1.76 bits per heavy atom. The van der Waals surface area contributed by atoms with Gasteiger partial charge in [-0.2, -0.15) is 0 Å². The third-order valence-corrected chi connectivity index (χ3v) is 5.56. The van der Waals surface area contributed by atoms with Crippen LogP contribution in [-0.4, -0.2) is 50.8 Å². The number of aryl methyl sites for hydroxylation is 2. The number of nitrogens with zero attached hydrogens (tertiary/aromatic N) is 2. The summed E-state index contributed by atoms with van der Waals surface area (Å²) in [7, 11) is 1.68. The van der Waals surface area contributed by atoms with Crippen LogP contribution in [0.4, 0.5) is 10.5 Å². The van der Waals surface area contributed by atoms with E-state index in [1.165, 1.54) is 5.69 Å². The van der Waals surface area contributed by atoms with Crippen molar-refractivity contribution in [2.45, 2.75) is 26.4 Å². The Morgan fingerprint density at radius 1 is 1.07 bits per heavy atom. The summed E-state index contributed by atoms with van der Waals surface area (Å²) in [4.78, 5) is 16.3. The van der Waals surface area contributed by atoms with Crippen molar-refractivity contribution in [1.82, 2.24) is 4.90 Å². The average molecular weight is 398 g/mol. The lowest BCUT2D eigenvalue weighted by molar-refractivity contribution is 0.0907. The average Bonchev–Trinajstić information content (AvgIpc) is 2.73. The largest absolute Gasteiger partial charge is 0.497 e. The van der Waals surface area contributed by atoms with Crippen molar-refractivity contribution in [1.29, 1.82) is 0 Å². The van der Waals surface area contributed by atoms with Crippen LogP contribution in [0.2, 0.25) is 0 Å². The van der Waals surface area contributed by atoms with E-state index >= 15 is 0 Å². The zero-order chi connectivity index (χ0) is 20.8. The number of carbonyl (C=O) groups excluding carboxylic acids is 1. The molecule has 2 aromatic rings. The molecule has 1 atom stereocenters. The van der Waals surface area contributed by atoms with E-state index in [0.29, 0.717) is 0 Å². The van der Waals surface area contributed by atoms with Gasteiger partial charge in [-0.25, -0.2) is 4.79 Å². The van der Waals surface area contributed by atoms with Crippen molar-refractivity contribution >= 4 is 11.8 Å². The zero-order valence-electron chi connectivity index (χ0n) is 17.6. The smallest absolute Gasteiger partial charge is 0.405 e. The van der Waals surface area contributed by atoms with E-state index in [9.17, 15) is 4.79 Å². The third-order valence-electron chi connectivity index (χ3n) is 5.56. The highest BCUT2D eigenvalue weighted by molar-refractivity contribution is 5.65. The molecule has 0 bridgehead atoms. The van der Waals surface area contributed by atoms with Gasteiger partial charge in [0.25, 0.3) is 0 Å². The van der Waals surface area contributed by atoms with E-state index in [4.69, 9.17) is 15.2 Å². The van der Waals surface area contributed by atoms with Gasteiger partial charge in [0.2, 0.25) is 0 Å². The summed E-state index contributed by atoms with van der Waals surface area (Å²) in [5, 5.41) is 0. The molecule has 1 aliphatic heterocycles. The van der Waals surface area contributed by atoms with E-state index in [0.717, 1.165) is 61.6 Å². The molecule has 0 aliphatic carbocycles. The Hall–Kier alpha value is -2.73. The van der Waals surface area contributed by atoms with Gasteiger partial charge in [-0.05, 0) is 49.2 Å². The molecule has 1 fully saturated rings. The summed E-state index contributed by atoms with van der Waals surface area (Å²) in [5.41, 5.74) is 9.87. The molecule has 2 aromatic carbocycles. The Labute approximate surface area is 173 Å². The number of anilines is 1. The van der Waals surface area contributed by atoms with Gasteiger partial charge in [-0.15, -0.1) is 0 Å². The van der Waals surface area contributed by atoms with Crippen LogP contribution >= 0.6 is 0 Å². The number of benzene rings is 2. The number of nitrogens with two attached hydrogens (primary N) is 1. The van der Waals surface area contributed by atoms with E-state index in [2.05, 4.69) is 40.1 Å². The van der Waals surface area contributed by atoms with Crippen molar-refractivity contribution in [2.24, 2.45) is 5.73 Å². The van der Waals surface area contributed by atoms with Crippen molar-refractivity contribution in [2.75, 3.05) is 44.7 Å². The summed E-state index contributed by atoms with van der Waals surface area (Å²) in [6, 6.07) is 14.4. The molecule has 1 saturated heterocycles. The lowest BCUT2D eigenvalue weighted by Gasteiger charge is -2.36. The lowest BCUT2D eigenvalue weighted by Crippen LogP contribution is -2.46. The van der Waals surface area contributed by atoms with Crippen LogP contribution in [0.1, 0.15) is 29.2 Å². The maximum Gasteiger partial charge on any atom is 0.405 e. The van der Waals surface area contributed by atoms with Crippen molar-refractivity contribution in [3.8, 4) is 5.75 Å². The Kier molecular flexibility index (Phi) is 6.99. The summed E-state index contributed by atoms with van der Waals surface area (Å²) in [6.45, 7) is 8.84. The standard InChI is InChI=1S/C23H31N3O3/c1-17-4-5-18(2)21(16-17)22(29-23(24)27)10-11-25-12-14-26(15-13-25)19-6-8-20(28-3)9-7-19/h4-9,16,22H,10-15H2,1-3H3,(H2,24,27). The predicted molar refractivity (Wildman–Crippen MR) is 116 cm³/mol. The Morgan fingerprint density at radius 3 is 2.38 bits per heavy atom. The summed E-state index contributed by atoms with van der Waals surface area (Å²) < 4.78 is 10.7. The highest BCUT2D eigenvalue weighted by Gasteiger charge is 2.22. The minimum Gasteiger partial charge on any atom is -0.497 e. The van der Waals surface area contributed by atoms with Crippen LogP contribution in [0.25, 0.3) is 0 Å². The molecule has 6 nitrogen and oxygen atoms in total. The molecule has 1 unspecified atom stereocenters. The number of ether oxygens (including phenoxy) is 2. The molecule has 0 aromatic heterocycles. The first-order valence-corrected chi connectivity index (χ1v) is 10.1. The maximum atomic E-state index is 11.4. The molecule has 156 valence electrons. The first kappa shape index (κ1) is 21.0. The van der Waals surface area contributed by atoms with Gasteiger partial charge in [0.05, 0.1) is 7.11 Å². The number of piperazine rings is 1. The van der Waals surface area contributed by atoms with Gasteiger partial charge in [-0.1, -0.05) is 23.8 Å². The van der Waals surface area contributed by atoms with Gasteiger partial charge in [-0.3, -0.25) is 4.90 Å². The molecule has 0 spiro atoms. The fourth-order valence-electron chi connectivity index (χ4n) is 3.85. The highest BCUT2D eigenvalue weighted by Crippen LogP contribution is 2.27. The quantitative estimate of drug-likeness (QED) is 0.772. The fourth-order valence-corrected chi connectivity index (χ4v) is 3.85. The number of amides is 1. The minimum absolute atomic E-state index is 0.313. The SMILES string of the molecule is COc1ccc(N2CCN(CCC(OC(N)=O)c3cc(C)ccc3C)CC2)cc1. The van der Waals surface area contributed by atoms with Gasteiger partial charge in [0.15, 0.2) is 0 Å². The second kappa shape index (κ2) is 9.65. The van der Waals surface area contributed by atoms with Gasteiger partial charge in [0.1, 0.15) is 11.9 Å². The molecule has 1 heterocycles. The summed E-state index contributed by atoms with van der Waals surface area (Å²) in [6.07, 6.45) is -0.303. The number of rotatable bonds is 7. The van der Waals surface area contributed by atoms with Crippen LogP contribution < -0.4 is 15.4 Å². The minimum atomic E-state index is -0.722. The Balaban J connectivity index is 1.56. The molecular weight excluding hydrogens is 366 g/mol. The zero-order valence-corrected chi connectivity index (χ0v) is 17.6. The van der Waals surface area contributed by atoms with E-state index in [1.807, 2.05) is 26.0 Å². The lowest BCUT2D eigenvalue weighted by atomic mass is 9.98. The highest BCUT2D eigenvalue weighted by atomic mass is 16.6. The van der Waals surface area contributed by atoms with Crippen LogP contribution in [-0.2, 0) is 4.74 Å². The Bertz CT molecular complexity index is 815. The molecule has 6 heteroatoms. The first-order valence-electron chi connectivity index (χ1n) is 10.1.